The van der Waals surface area contributed by atoms with Gasteiger partial charge in [0.25, 0.3) is 0 Å². The number of nitrogen functional groups attached to an aromatic ring is 1. The van der Waals surface area contributed by atoms with Crippen LogP contribution in [0.1, 0.15) is 52.7 Å². The van der Waals surface area contributed by atoms with Gasteiger partial charge < -0.3 is 19.5 Å². The van der Waals surface area contributed by atoms with E-state index in [4.69, 9.17) is 31.3 Å². The molecule has 3 aliphatic rings. The zero-order valence-electron chi connectivity index (χ0n) is 17.7. The van der Waals surface area contributed by atoms with Crippen LogP contribution in [0.2, 0.25) is 0 Å². The molecule has 3 heterocycles. The topological polar surface area (TPSA) is 88.6 Å². The Balaban J connectivity index is 1.38. The summed E-state index contributed by atoms with van der Waals surface area (Å²) in [4.78, 5) is 15.9. The Bertz CT molecular complexity index is 941. The molecule has 2 N–H and O–H groups in total. The van der Waals surface area contributed by atoms with Crippen molar-refractivity contribution < 1.29 is 13.8 Å². The molecule has 30 heavy (non-hydrogen) atoms. The SMILES string of the molecule is C=C(C)[C@@H]1CC[C@]2(C)S[P@@](=S)(OC[C@H]3O[C@@H](n4ccc(N)nc4=O)C[C@@H]3C)O[C@H]2C1. The molecule has 0 amide bonds. The zero-order valence-corrected chi connectivity index (χ0v) is 20.2. The first-order chi connectivity index (χ1) is 14.1. The molecule has 1 aromatic rings. The van der Waals surface area contributed by atoms with Crippen LogP contribution in [0, 0.1) is 11.8 Å². The van der Waals surface area contributed by atoms with Crippen LogP contribution in [0.25, 0.3) is 0 Å². The maximum absolute atomic E-state index is 12.1. The molecule has 7 atom stereocenters. The molecule has 0 radical (unpaired) electrons. The van der Waals surface area contributed by atoms with Gasteiger partial charge in [-0.15, -0.1) is 0 Å². The fraction of sp³-hybridized carbons (Fsp3) is 0.700. The Morgan fingerprint density at radius 1 is 1.57 bits per heavy atom. The average molecular weight is 472 g/mol. The molecular weight excluding hydrogens is 441 g/mol. The van der Waals surface area contributed by atoms with E-state index in [0.717, 1.165) is 19.3 Å². The standard InChI is InChI=1S/C20H30N3O4PS2/c1-12(2)14-5-7-20(4)16(10-14)27-28(29,30-20)25-11-15-13(3)9-18(26-15)23-8-6-17(21)22-19(23)24/h6,8,13-16,18H,1,5,7,9-11H2,2-4H3,(H2,21,22,24)/t13-,14+,15+,16-,18+,20-,28-/m0/s1. The lowest BCUT2D eigenvalue weighted by Gasteiger charge is -2.37. The number of nitrogens with zero attached hydrogens (tertiary/aromatic N) is 2. The fourth-order valence-electron chi connectivity index (χ4n) is 4.50. The highest BCUT2D eigenvalue weighted by atomic mass is 32.9. The summed E-state index contributed by atoms with van der Waals surface area (Å²) in [5.74, 6) is 0.926. The van der Waals surface area contributed by atoms with Gasteiger partial charge in [0, 0.05) is 10.9 Å². The van der Waals surface area contributed by atoms with E-state index in [1.54, 1.807) is 23.6 Å². The van der Waals surface area contributed by atoms with Gasteiger partial charge >= 0.3 is 5.69 Å². The van der Waals surface area contributed by atoms with E-state index in [1.165, 1.54) is 10.1 Å². The van der Waals surface area contributed by atoms with Crippen LogP contribution in [-0.2, 0) is 25.6 Å². The first-order valence-corrected chi connectivity index (χ1v) is 14.4. The number of anilines is 1. The van der Waals surface area contributed by atoms with Gasteiger partial charge in [0.2, 0.25) is 5.69 Å². The molecule has 2 aliphatic heterocycles. The second-order valence-corrected chi connectivity index (χ2v) is 15.5. The molecule has 1 aliphatic carbocycles. The van der Waals surface area contributed by atoms with Crippen molar-refractivity contribution in [3.05, 3.63) is 34.9 Å². The van der Waals surface area contributed by atoms with E-state index in [0.29, 0.717) is 18.9 Å². The van der Waals surface area contributed by atoms with Crippen LogP contribution in [0.5, 0.6) is 0 Å². The highest BCUT2D eigenvalue weighted by Crippen LogP contribution is 2.75. The molecule has 166 valence electrons. The fourth-order valence-corrected chi connectivity index (χ4v) is 11.6. The third kappa shape index (κ3) is 4.43. The predicted molar refractivity (Wildman–Crippen MR) is 124 cm³/mol. The second-order valence-electron chi connectivity index (χ2n) is 8.94. The minimum absolute atomic E-state index is 0.00904. The average Bonchev–Trinajstić information content (AvgIpc) is 3.15. The van der Waals surface area contributed by atoms with Crippen LogP contribution in [0.15, 0.2) is 29.2 Å². The summed E-state index contributed by atoms with van der Waals surface area (Å²) in [5, 5.41) is 0. The molecular formula is C20H30N3O4PS2. The van der Waals surface area contributed by atoms with Gasteiger partial charge in [0.05, 0.1) is 18.8 Å². The molecule has 7 nitrogen and oxygen atoms in total. The number of aromatic nitrogens is 2. The van der Waals surface area contributed by atoms with Crippen molar-refractivity contribution in [1.82, 2.24) is 9.55 Å². The summed E-state index contributed by atoms with van der Waals surface area (Å²) in [6.45, 7) is 10.9. The third-order valence-electron chi connectivity index (χ3n) is 6.54. The molecule has 3 fully saturated rings. The van der Waals surface area contributed by atoms with E-state index < -0.39 is 11.4 Å². The first-order valence-electron chi connectivity index (χ1n) is 10.4. The highest BCUT2D eigenvalue weighted by molar-refractivity contribution is 8.68. The largest absolute Gasteiger partial charge is 0.383 e. The van der Waals surface area contributed by atoms with Crippen LogP contribution in [-0.4, -0.2) is 33.1 Å². The predicted octanol–water partition coefficient (Wildman–Crippen LogP) is 4.26. The molecule has 0 unspecified atom stereocenters. The quantitative estimate of drug-likeness (QED) is 0.504. The lowest BCUT2D eigenvalue weighted by molar-refractivity contribution is -0.0271. The first kappa shape index (κ1) is 22.5. The van der Waals surface area contributed by atoms with Crippen LogP contribution in [0.4, 0.5) is 5.82 Å². The van der Waals surface area contributed by atoms with Crippen molar-refractivity contribution >= 4 is 34.7 Å². The van der Waals surface area contributed by atoms with Crippen LogP contribution >= 0.6 is 17.1 Å². The summed E-state index contributed by atoms with van der Waals surface area (Å²) in [5.41, 5.74) is 3.96. The molecule has 4 rings (SSSR count). The summed E-state index contributed by atoms with van der Waals surface area (Å²) in [6.07, 6.45) is 5.08. The van der Waals surface area contributed by atoms with Gasteiger partial charge in [-0.1, -0.05) is 30.5 Å². The molecule has 1 aromatic heterocycles. The summed E-state index contributed by atoms with van der Waals surface area (Å²) < 4.78 is 20.2. The summed E-state index contributed by atoms with van der Waals surface area (Å²) >= 11 is 7.58. The summed E-state index contributed by atoms with van der Waals surface area (Å²) in [7, 11) is 0. The van der Waals surface area contributed by atoms with Gasteiger partial charge in [-0.2, -0.15) is 4.98 Å². The smallest absolute Gasteiger partial charge is 0.351 e. The maximum Gasteiger partial charge on any atom is 0.351 e. The number of nitrogens with two attached hydrogens (primary N) is 1. The van der Waals surface area contributed by atoms with Crippen molar-refractivity contribution in [1.29, 1.82) is 0 Å². The van der Waals surface area contributed by atoms with Crippen molar-refractivity contribution in [2.24, 2.45) is 11.8 Å². The summed E-state index contributed by atoms with van der Waals surface area (Å²) in [6, 6.07) is 1.60. The number of rotatable bonds is 5. The van der Waals surface area contributed by atoms with Crippen molar-refractivity contribution in [3.8, 4) is 0 Å². The third-order valence-corrected chi connectivity index (χ3v) is 12.4. The van der Waals surface area contributed by atoms with E-state index in [2.05, 4.69) is 32.3 Å². The molecule has 2 saturated heterocycles. The molecule has 0 spiro atoms. The number of allylic oxidation sites excluding steroid dienone is 1. The zero-order chi connectivity index (χ0) is 21.7. The molecule has 0 bridgehead atoms. The van der Waals surface area contributed by atoms with Crippen LogP contribution in [0.3, 0.4) is 0 Å². The minimum atomic E-state index is -2.44. The van der Waals surface area contributed by atoms with E-state index in [9.17, 15) is 4.79 Å². The van der Waals surface area contributed by atoms with Crippen molar-refractivity contribution in [2.75, 3.05) is 12.3 Å². The monoisotopic (exact) mass is 471 g/mol. The Hall–Kier alpha value is -0.700. The Labute approximate surface area is 186 Å². The number of hydrogen-bond donors (Lipinski definition) is 1. The number of fused-ring (bicyclic) bond motifs is 1. The van der Waals surface area contributed by atoms with Gasteiger partial charge in [-0.25, -0.2) is 4.79 Å². The van der Waals surface area contributed by atoms with E-state index in [1.807, 2.05) is 0 Å². The number of hydrogen-bond acceptors (Lipinski definition) is 8. The number of ether oxygens (including phenoxy) is 1. The highest BCUT2D eigenvalue weighted by Gasteiger charge is 2.53. The Morgan fingerprint density at radius 3 is 3.03 bits per heavy atom. The molecule has 0 aromatic carbocycles. The normalized spacial score (nSPS) is 41.0. The Kier molecular flexibility index (Phi) is 6.25. The van der Waals surface area contributed by atoms with E-state index >= 15 is 0 Å². The van der Waals surface area contributed by atoms with Crippen molar-refractivity contribution in [3.63, 3.8) is 0 Å². The minimum Gasteiger partial charge on any atom is -0.383 e. The lowest BCUT2D eigenvalue weighted by Crippen LogP contribution is -2.39. The lowest BCUT2D eigenvalue weighted by atomic mass is 9.77. The van der Waals surface area contributed by atoms with Crippen molar-refractivity contribution in [2.45, 2.75) is 69.6 Å². The molecule has 10 heteroatoms. The van der Waals surface area contributed by atoms with E-state index in [-0.39, 0.29) is 34.9 Å². The van der Waals surface area contributed by atoms with Gasteiger partial charge in [0.15, 0.2) is 0 Å². The Morgan fingerprint density at radius 2 is 2.33 bits per heavy atom. The van der Waals surface area contributed by atoms with Gasteiger partial charge in [-0.3, -0.25) is 4.57 Å². The van der Waals surface area contributed by atoms with Gasteiger partial charge in [0.1, 0.15) is 12.0 Å². The second kappa shape index (κ2) is 8.34. The van der Waals surface area contributed by atoms with Gasteiger partial charge in [-0.05, 0) is 69.2 Å². The molecule has 1 saturated carbocycles. The maximum atomic E-state index is 12.1. The van der Waals surface area contributed by atoms with Crippen LogP contribution < -0.4 is 11.4 Å².